The summed E-state index contributed by atoms with van der Waals surface area (Å²) in [6, 6.07) is 5.26. The van der Waals surface area contributed by atoms with E-state index in [2.05, 4.69) is 4.74 Å². The average molecular weight is 574 g/mol. The van der Waals surface area contributed by atoms with Gasteiger partial charge in [-0.05, 0) is 94.4 Å². The second kappa shape index (κ2) is 9.41. The summed E-state index contributed by atoms with van der Waals surface area (Å²) in [6.45, 7) is 3.28. The minimum atomic E-state index is -1.10. The van der Waals surface area contributed by atoms with E-state index < -0.39 is 17.8 Å². The molecule has 25 heavy (non-hydrogen) atoms. The van der Waals surface area contributed by atoms with Crippen molar-refractivity contribution >= 4 is 57.1 Å². The number of carbonyl (C=O) groups excluding carboxylic acids is 1. The van der Waals surface area contributed by atoms with E-state index in [1.54, 1.807) is 19.9 Å². The predicted molar refractivity (Wildman–Crippen MR) is 106 cm³/mol. The fraction of sp³-hybridized carbons (Fsp3) is 0.176. The summed E-state index contributed by atoms with van der Waals surface area (Å²) < 4.78 is 31.9. The summed E-state index contributed by atoms with van der Waals surface area (Å²) in [5.74, 6) is -2.48. The third-order valence-corrected chi connectivity index (χ3v) is 5.47. The molecule has 2 aromatic rings. The Balaban J connectivity index is 0.000000251. The van der Waals surface area contributed by atoms with Crippen molar-refractivity contribution in [3.63, 3.8) is 0 Å². The van der Waals surface area contributed by atoms with Crippen molar-refractivity contribution in [3.8, 4) is 0 Å². The quantitative estimate of drug-likeness (QED) is 0.407. The lowest BCUT2D eigenvalue weighted by molar-refractivity contribution is 0.0599. The number of hydrogen-bond acceptors (Lipinski definition) is 3. The standard InChI is InChI=1S/C9H8FIO2.C8H6FIO2/c1-5-7(10)3-6(4-8(5)11)9(12)13-2;1-4-6(9)2-5(8(11)12)3-7(4)10/h3-4H,1-2H3;2-3H,1H3,(H,11,12). The van der Waals surface area contributed by atoms with Crippen LogP contribution in [0.5, 0.6) is 0 Å². The minimum absolute atomic E-state index is 0.0116. The molecule has 0 amide bonds. The highest BCUT2D eigenvalue weighted by Gasteiger charge is 2.11. The molecule has 0 aliphatic rings. The van der Waals surface area contributed by atoms with E-state index in [0.29, 0.717) is 14.7 Å². The Labute approximate surface area is 170 Å². The Morgan fingerprint density at radius 3 is 1.68 bits per heavy atom. The van der Waals surface area contributed by atoms with Gasteiger partial charge >= 0.3 is 11.9 Å². The molecule has 0 saturated heterocycles. The number of carboxylic acid groups (broad SMARTS) is 1. The molecule has 0 bridgehead atoms. The average Bonchev–Trinajstić information content (AvgIpc) is 2.56. The summed E-state index contributed by atoms with van der Waals surface area (Å²) in [6.07, 6.45) is 0. The maximum atomic E-state index is 13.1. The summed E-state index contributed by atoms with van der Waals surface area (Å²) in [5, 5.41) is 8.55. The van der Waals surface area contributed by atoms with Crippen molar-refractivity contribution in [2.75, 3.05) is 7.11 Å². The topological polar surface area (TPSA) is 63.6 Å². The summed E-state index contributed by atoms with van der Waals surface area (Å²) >= 11 is 3.88. The lowest BCUT2D eigenvalue weighted by Crippen LogP contribution is -2.03. The molecule has 0 aromatic heterocycles. The van der Waals surface area contributed by atoms with Gasteiger partial charge in [-0.1, -0.05) is 0 Å². The normalized spacial score (nSPS) is 9.88. The maximum absolute atomic E-state index is 13.1. The first-order chi connectivity index (χ1) is 11.6. The van der Waals surface area contributed by atoms with Crippen LogP contribution in [0.25, 0.3) is 0 Å². The van der Waals surface area contributed by atoms with Crippen LogP contribution >= 0.6 is 45.2 Å². The van der Waals surface area contributed by atoms with Gasteiger partial charge in [0.05, 0.1) is 18.2 Å². The molecule has 134 valence electrons. The van der Waals surface area contributed by atoms with Crippen molar-refractivity contribution in [2.45, 2.75) is 13.8 Å². The molecule has 0 heterocycles. The fourth-order valence-electron chi connectivity index (χ4n) is 1.65. The van der Waals surface area contributed by atoms with Crippen LogP contribution in [0.3, 0.4) is 0 Å². The molecule has 1 N–H and O–H groups in total. The van der Waals surface area contributed by atoms with Crippen molar-refractivity contribution < 1.29 is 28.2 Å². The van der Waals surface area contributed by atoms with Crippen LogP contribution in [-0.2, 0) is 4.74 Å². The molecule has 0 unspecified atom stereocenters. The second-order valence-electron chi connectivity index (χ2n) is 4.93. The molecule has 0 spiro atoms. The van der Waals surface area contributed by atoms with E-state index in [-0.39, 0.29) is 16.9 Å². The van der Waals surface area contributed by atoms with E-state index in [1.807, 2.05) is 45.2 Å². The highest BCUT2D eigenvalue weighted by molar-refractivity contribution is 14.1. The van der Waals surface area contributed by atoms with Crippen molar-refractivity contribution in [1.82, 2.24) is 0 Å². The molecular weight excluding hydrogens is 560 g/mol. The predicted octanol–water partition coefficient (Wildman–Crippen LogP) is 4.96. The van der Waals surface area contributed by atoms with Gasteiger partial charge in [0.2, 0.25) is 0 Å². The molecule has 2 aromatic carbocycles. The smallest absolute Gasteiger partial charge is 0.337 e. The monoisotopic (exact) mass is 574 g/mol. The third-order valence-electron chi connectivity index (χ3n) is 3.23. The van der Waals surface area contributed by atoms with Crippen molar-refractivity contribution in [3.05, 3.63) is 65.3 Å². The fourth-order valence-corrected chi connectivity index (χ4v) is 2.84. The summed E-state index contributed by atoms with van der Waals surface area (Å²) in [5.41, 5.74) is 1.27. The van der Waals surface area contributed by atoms with Crippen LogP contribution < -0.4 is 0 Å². The number of hydrogen-bond donors (Lipinski definition) is 1. The van der Waals surface area contributed by atoms with E-state index in [4.69, 9.17) is 5.11 Å². The number of methoxy groups -OCH3 is 1. The van der Waals surface area contributed by atoms with Gasteiger partial charge < -0.3 is 9.84 Å². The summed E-state index contributed by atoms with van der Waals surface area (Å²) in [4.78, 5) is 21.5. The Kier molecular flexibility index (Phi) is 8.19. The van der Waals surface area contributed by atoms with Crippen LogP contribution in [0.15, 0.2) is 24.3 Å². The van der Waals surface area contributed by atoms with Crippen LogP contribution in [0.4, 0.5) is 8.78 Å². The van der Waals surface area contributed by atoms with Gasteiger partial charge in [0.25, 0.3) is 0 Å². The van der Waals surface area contributed by atoms with Gasteiger partial charge in [-0.3, -0.25) is 0 Å². The molecule has 2 rings (SSSR count). The van der Waals surface area contributed by atoms with Crippen molar-refractivity contribution in [2.24, 2.45) is 0 Å². The number of aromatic carboxylic acids is 1. The number of esters is 1. The number of carbonyl (C=O) groups is 2. The first kappa shape index (κ1) is 21.7. The lowest BCUT2D eigenvalue weighted by atomic mass is 10.1. The van der Waals surface area contributed by atoms with Gasteiger partial charge in [0.1, 0.15) is 11.6 Å². The van der Waals surface area contributed by atoms with Gasteiger partial charge in [-0.25, -0.2) is 18.4 Å². The van der Waals surface area contributed by atoms with Crippen LogP contribution in [0.1, 0.15) is 31.8 Å². The zero-order chi connectivity index (χ0) is 19.3. The molecular formula is C17H14F2I2O4. The van der Waals surface area contributed by atoms with E-state index in [0.717, 1.165) is 9.64 Å². The van der Waals surface area contributed by atoms with Gasteiger partial charge in [0.15, 0.2) is 0 Å². The third kappa shape index (κ3) is 5.87. The van der Waals surface area contributed by atoms with Crippen molar-refractivity contribution in [1.29, 1.82) is 0 Å². The Morgan fingerprint density at radius 2 is 1.32 bits per heavy atom. The van der Waals surface area contributed by atoms with E-state index in [9.17, 15) is 18.4 Å². The second-order valence-corrected chi connectivity index (χ2v) is 7.25. The Hall–Kier alpha value is -1.30. The highest BCUT2D eigenvalue weighted by atomic mass is 127. The largest absolute Gasteiger partial charge is 0.478 e. The number of rotatable bonds is 2. The molecule has 8 heteroatoms. The van der Waals surface area contributed by atoms with E-state index >= 15 is 0 Å². The van der Waals surface area contributed by atoms with E-state index in [1.165, 1.54) is 19.2 Å². The Morgan fingerprint density at radius 1 is 0.920 bits per heavy atom. The SMILES string of the molecule is COC(=O)c1cc(F)c(C)c(I)c1.Cc1c(F)cc(C(=O)O)cc1I. The number of ether oxygens (including phenoxy) is 1. The molecule has 0 aliphatic heterocycles. The number of carboxylic acids is 1. The molecule has 0 aliphatic carbocycles. The van der Waals surface area contributed by atoms with Crippen LogP contribution in [0.2, 0.25) is 0 Å². The highest BCUT2D eigenvalue weighted by Crippen LogP contribution is 2.18. The minimum Gasteiger partial charge on any atom is -0.478 e. The lowest BCUT2D eigenvalue weighted by Gasteiger charge is -2.03. The van der Waals surface area contributed by atoms with Gasteiger partial charge in [-0.2, -0.15) is 0 Å². The molecule has 4 nitrogen and oxygen atoms in total. The first-order valence-electron chi connectivity index (χ1n) is 6.81. The van der Waals surface area contributed by atoms with Crippen LogP contribution in [-0.4, -0.2) is 24.2 Å². The molecule has 0 radical (unpaired) electrons. The molecule has 0 saturated carbocycles. The maximum Gasteiger partial charge on any atom is 0.337 e. The Bertz CT molecular complexity index is 776. The first-order valence-corrected chi connectivity index (χ1v) is 8.97. The zero-order valence-electron chi connectivity index (χ0n) is 13.5. The zero-order valence-corrected chi connectivity index (χ0v) is 17.8. The van der Waals surface area contributed by atoms with Gasteiger partial charge in [0, 0.05) is 7.14 Å². The number of halogens is 4. The number of benzene rings is 2. The van der Waals surface area contributed by atoms with Gasteiger partial charge in [-0.15, -0.1) is 0 Å². The summed E-state index contributed by atoms with van der Waals surface area (Å²) in [7, 11) is 1.27. The molecule has 0 atom stereocenters. The van der Waals surface area contributed by atoms with Crippen LogP contribution in [0, 0.1) is 32.6 Å². The molecule has 0 fully saturated rings.